The normalized spacial score (nSPS) is 10.2. The maximum atomic E-state index is 11.9. The molecule has 0 fully saturated rings. The van der Waals surface area contributed by atoms with Crippen molar-refractivity contribution in [3.05, 3.63) is 71.5 Å². The van der Waals surface area contributed by atoms with E-state index in [2.05, 4.69) is 20.8 Å². The lowest BCUT2D eigenvalue weighted by atomic mass is 10.2. The summed E-state index contributed by atoms with van der Waals surface area (Å²) in [6, 6.07) is 16.7. The number of nitrogens with zero attached hydrogens (tertiary/aromatic N) is 2. The highest BCUT2D eigenvalue weighted by Gasteiger charge is 2.05. The van der Waals surface area contributed by atoms with Crippen LogP contribution in [0.3, 0.4) is 0 Å². The minimum absolute atomic E-state index is 0.143. The summed E-state index contributed by atoms with van der Waals surface area (Å²) >= 11 is 0. The highest BCUT2D eigenvalue weighted by molar-refractivity contribution is 5.78. The molecule has 0 bridgehead atoms. The van der Waals surface area contributed by atoms with Gasteiger partial charge in [-0.25, -0.2) is 9.97 Å². The van der Waals surface area contributed by atoms with Crippen molar-refractivity contribution >= 4 is 11.9 Å². The van der Waals surface area contributed by atoms with Crippen molar-refractivity contribution in [2.24, 2.45) is 0 Å². The summed E-state index contributed by atoms with van der Waals surface area (Å²) in [6.07, 6.45) is 0. The Bertz CT molecular complexity index is 921. The van der Waals surface area contributed by atoms with Gasteiger partial charge in [-0.15, -0.1) is 0 Å². The van der Waals surface area contributed by atoms with E-state index in [1.807, 2.05) is 51.1 Å². The Labute approximate surface area is 163 Å². The number of hydrogen-bond donors (Lipinski definition) is 2. The number of aryl methyl sites for hydroxylation is 3. The van der Waals surface area contributed by atoms with Crippen LogP contribution in [0.2, 0.25) is 0 Å². The van der Waals surface area contributed by atoms with Crippen molar-refractivity contribution in [2.75, 3.05) is 12.0 Å². The van der Waals surface area contributed by atoms with Gasteiger partial charge in [-0.1, -0.05) is 17.7 Å². The van der Waals surface area contributed by atoms with Gasteiger partial charge in [0.05, 0.1) is 0 Å². The summed E-state index contributed by atoms with van der Waals surface area (Å²) in [4.78, 5) is 20.3. The van der Waals surface area contributed by atoms with Gasteiger partial charge in [-0.3, -0.25) is 15.6 Å². The van der Waals surface area contributed by atoms with E-state index in [9.17, 15) is 4.79 Å². The number of nitrogens with one attached hydrogen (secondary N) is 2. The lowest BCUT2D eigenvalue weighted by molar-refractivity contribution is -0.122. The standard InChI is InChI=1S/C21H22N4O3/c1-14-4-6-18(7-5-14)28-19-10-8-17(9-11-19)27-13-20(26)24-25-21-22-15(2)12-16(3)23-21/h4-12H,13H2,1-3H3,(H,24,26)(H,22,23,25). The van der Waals surface area contributed by atoms with Crippen LogP contribution in [0.15, 0.2) is 54.6 Å². The fourth-order valence-corrected chi connectivity index (χ4v) is 2.44. The number of amides is 1. The maximum absolute atomic E-state index is 11.9. The van der Waals surface area contributed by atoms with Gasteiger partial charge in [0.15, 0.2) is 6.61 Å². The van der Waals surface area contributed by atoms with Gasteiger partial charge < -0.3 is 9.47 Å². The van der Waals surface area contributed by atoms with Crippen LogP contribution in [-0.2, 0) is 4.79 Å². The summed E-state index contributed by atoms with van der Waals surface area (Å²) in [5.74, 6) is 2.01. The van der Waals surface area contributed by atoms with E-state index in [-0.39, 0.29) is 12.5 Å². The van der Waals surface area contributed by atoms with Crippen LogP contribution in [0.5, 0.6) is 17.2 Å². The van der Waals surface area contributed by atoms with Gasteiger partial charge in [0, 0.05) is 11.4 Å². The SMILES string of the molecule is Cc1ccc(Oc2ccc(OCC(=O)NNc3nc(C)cc(C)n3)cc2)cc1. The summed E-state index contributed by atoms with van der Waals surface area (Å²) in [5.41, 5.74) is 7.99. The molecular weight excluding hydrogens is 356 g/mol. The van der Waals surface area contributed by atoms with Crippen molar-refractivity contribution in [3.63, 3.8) is 0 Å². The van der Waals surface area contributed by atoms with Crippen molar-refractivity contribution in [2.45, 2.75) is 20.8 Å². The first-order valence-electron chi connectivity index (χ1n) is 8.82. The molecule has 0 atom stereocenters. The second-order valence-electron chi connectivity index (χ2n) is 6.32. The molecule has 3 aromatic rings. The number of anilines is 1. The van der Waals surface area contributed by atoms with E-state index in [0.29, 0.717) is 17.4 Å². The van der Waals surface area contributed by atoms with Crippen LogP contribution >= 0.6 is 0 Å². The average molecular weight is 378 g/mol. The molecule has 0 radical (unpaired) electrons. The Hall–Kier alpha value is -3.61. The molecule has 1 aromatic heterocycles. The number of hydrogen-bond acceptors (Lipinski definition) is 6. The second-order valence-corrected chi connectivity index (χ2v) is 6.32. The van der Waals surface area contributed by atoms with Crippen LogP contribution in [0.4, 0.5) is 5.95 Å². The summed E-state index contributed by atoms with van der Waals surface area (Å²) in [5, 5.41) is 0. The third-order valence-corrected chi connectivity index (χ3v) is 3.75. The summed E-state index contributed by atoms with van der Waals surface area (Å²) < 4.78 is 11.2. The van der Waals surface area contributed by atoms with Crippen molar-refractivity contribution in [1.29, 1.82) is 0 Å². The number of aromatic nitrogens is 2. The first-order chi connectivity index (χ1) is 13.5. The molecule has 0 saturated heterocycles. The maximum Gasteiger partial charge on any atom is 0.276 e. The molecule has 144 valence electrons. The molecule has 1 heterocycles. The molecule has 0 unspecified atom stereocenters. The monoisotopic (exact) mass is 378 g/mol. The van der Waals surface area contributed by atoms with E-state index in [4.69, 9.17) is 9.47 Å². The van der Waals surface area contributed by atoms with Gasteiger partial charge in [0.1, 0.15) is 17.2 Å². The van der Waals surface area contributed by atoms with Crippen LogP contribution in [0, 0.1) is 20.8 Å². The Morgan fingerprint density at radius 1 is 0.857 bits per heavy atom. The van der Waals surface area contributed by atoms with E-state index in [1.165, 1.54) is 5.56 Å². The Kier molecular flexibility index (Phi) is 6.06. The number of ether oxygens (including phenoxy) is 2. The Balaban J connectivity index is 1.46. The number of hydrazine groups is 1. The molecule has 0 aliphatic carbocycles. The van der Waals surface area contributed by atoms with Crippen LogP contribution < -0.4 is 20.3 Å². The minimum atomic E-state index is -0.345. The zero-order valence-corrected chi connectivity index (χ0v) is 16.0. The lowest BCUT2D eigenvalue weighted by Crippen LogP contribution is -2.34. The molecule has 28 heavy (non-hydrogen) atoms. The number of carbonyl (C=O) groups excluding carboxylic acids is 1. The van der Waals surface area contributed by atoms with Crippen LogP contribution in [-0.4, -0.2) is 22.5 Å². The summed E-state index contributed by atoms with van der Waals surface area (Å²) in [7, 11) is 0. The number of carbonyl (C=O) groups is 1. The Morgan fingerprint density at radius 2 is 1.39 bits per heavy atom. The van der Waals surface area contributed by atoms with Gasteiger partial charge in [-0.2, -0.15) is 0 Å². The van der Waals surface area contributed by atoms with Crippen LogP contribution in [0.1, 0.15) is 17.0 Å². The zero-order chi connectivity index (χ0) is 19.9. The minimum Gasteiger partial charge on any atom is -0.484 e. The molecule has 0 aliphatic heterocycles. The molecule has 1 amide bonds. The predicted octanol–water partition coefficient (Wildman–Crippen LogP) is 3.72. The van der Waals surface area contributed by atoms with Crippen molar-refractivity contribution < 1.29 is 14.3 Å². The first kappa shape index (κ1) is 19.2. The molecular formula is C21H22N4O3. The van der Waals surface area contributed by atoms with Crippen molar-refractivity contribution in [3.8, 4) is 17.2 Å². The molecule has 0 saturated carbocycles. The molecule has 7 heteroatoms. The smallest absolute Gasteiger partial charge is 0.276 e. The fraction of sp³-hybridized carbons (Fsp3) is 0.190. The third-order valence-electron chi connectivity index (χ3n) is 3.75. The lowest BCUT2D eigenvalue weighted by Gasteiger charge is -2.10. The van der Waals surface area contributed by atoms with Gasteiger partial charge in [0.2, 0.25) is 5.95 Å². The van der Waals surface area contributed by atoms with E-state index < -0.39 is 0 Å². The average Bonchev–Trinajstić information content (AvgIpc) is 2.67. The second kappa shape index (κ2) is 8.85. The largest absolute Gasteiger partial charge is 0.484 e. The van der Waals surface area contributed by atoms with Crippen molar-refractivity contribution in [1.82, 2.24) is 15.4 Å². The van der Waals surface area contributed by atoms with Gasteiger partial charge in [0.25, 0.3) is 5.91 Å². The number of benzene rings is 2. The van der Waals surface area contributed by atoms with E-state index in [1.54, 1.807) is 24.3 Å². The zero-order valence-electron chi connectivity index (χ0n) is 16.0. The van der Waals surface area contributed by atoms with Gasteiger partial charge in [-0.05, 0) is 63.2 Å². The quantitative estimate of drug-likeness (QED) is 0.610. The predicted molar refractivity (Wildman–Crippen MR) is 106 cm³/mol. The molecule has 0 spiro atoms. The molecule has 0 aliphatic rings. The highest BCUT2D eigenvalue weighted by Crippen LogP contribution is 2.24. The van der Waals surface area contributed by atoms with E-state index in [0.717, 1.165) is 17.1 Å². The molecule has 3 rings (SSSR count). The molecule has 7 nitrogen and oxygen atoms in total. The third kappa shape index (κ3) is 5.70. The highest BCUT2D eigenvalue weighted by atomic mass is 16.5. The fourth-order valence-electron chi connectivity index (χ4n) is 2.44. The molecule has 2 aromatic carbocycles. The van der Waals surface area contributed by atoms with Crippen LogP contribution in [0.25, 0.3) is 0 Å². The first-order valence-corrected chi connectivity index (χ1v) is 8.82. The molecule has 2 N–H and O–H groups in total. The Morgan fingerprint density at radius 3 is 2.00 bits per heavy atom. The number of rotatable bonds is 7. The van der Waals surface area contributed by atoms with E-state index >= 15 is 0 Å². The van der Waals surface area contributed by atoms with Gasteiger partial charge >= 0.3 is 0 Å². The topological polar surface area (TPSA) is 85.4 Å². The summed E-state index contributed by atoms with van der Waals surface area (Å²) in [6.45, 7) is 5.60.